The molecule has 134 valence electrons. The molecule has 3 rings (SSSR count). The number of hydrogen-bond donors (Lipinski definition) is 0. The Labute approximate surface area is 156 Å². The quantitative estimate of drug-likeness (QED) is 0.740. The smallest absolute Gasteiger partial charge is 0.349 e. The number of carbonyl (C=O) groups excluding carboxylic acids is 1. The Balaban J connectivity index is 1.80. The highest BCUT2D eigenvalue weighted by atomic mass is 32.2. The van der Waals surface area contributed by atoms with Crippen LogP contribution in [0.15, 0.2) is 46.7 Å². The summed E-state index contributed by atoms with van der Waals surface area (Å²) >= 11 is 2.86. The maximum atomic E-state index is 13.0. The van der Waals surface area contributed by atoms with E-state index in [2.05, 4.69) is 12.1 Å². The van der Waals surface area contributed by atoms with E-state index in [0.717, 1.165) is 23.5 Å². The molecule has 0 bridgehead atoms. The van der Waals surface area contributed by atoms with Crippen LogP contribution >= 0.6 is 23.1 Å². The van der Waals surface area contributed by atoms with Crippen molar-refractivity contribution < 1.29 is 17.9 Å². The number of benzene rings is 1. The number of sulfonamides is 1. The molecule has 1 fully saturated rings. The van der Waals surface area contributed by atoms with Crippen LogP contribution < -0.4 is 0 Å². The molecule has 0 saturated carbocycles. The second-order valence-electron chi connectivity index (χ2n) is 5.57. The molecule has 0 unspecified atom stereocenters. The van der Waals surface area contributed by atoms with Crippen molar-refractivity contribution in [3.63, 3.8) is 0 Å². The lowest BCUT2D eigenvalue weighted by Crippen LogP contribution is -2.33. The third-order valence-corrected chi connectivity index (χ3v) is 8.38. The standard InChI is InChI=1S/C17H19NO4S3/c1-22-17(19)16-15(8-11-24-16)25(20,21)18-9-7-14(23-12-10-18)13-5-3-2-4-6-13/h2-6,8,11,14H,7,9-10,12H2,1H3/t14-/m0/s1. The van der Waals surface area contributed by atoms with Gasteiger partial charge in [-0.25, -0.2) is 13.2 Å². The van der Waals surface area contributed by atoms with Gasteiger partial charge in [-0.3, -0.25) is 0 Å². The van der Waals surface area contributed by atoms with Gasteiger partial charge in [0.25, 0.3) is 0 Å². The average molecular weight is 398 g/mol. The normalized spacial score (nSPS) is 19.3. The van der Waals surface area contributed by atoms with Crippen molar-refractivity contribution in [1.29, 1.82) is 0 Å². The number of carbonyl (C=O) groups is 1. The molecule has 8 heteroatoms. The van der Waals surface area contributed by atoms with E-state index >= 15 is 0 Å². The van der Waals surface area contributed by atoms with Crippen molar-refractivity contribution in [3.05, 3.63) is 52.2 Å². The van der Waals surface area contributed by atoms with Gasteiger partial charge in [-0.1, -0.05) is 30.3 Å². The molecule has 25 heavy (non-hydrogen) atoms. The Kier molecular flexibility index (Phi) is 5.83. The van der Waals surface area contributed by atoms with Crippen molar-refractivity contribution in [2.24, 2.45) is 0 Å². The number of ether oxygens (including phenoxy) is 1. The summed E-state index contributed by atoms with van der Waals surface area (Å²) in [4.78, 5) is 12.0. The molecule has 1 saturated heterocycles. The molecule has 0 amide bonds. The van der Waals surface area contributed by atoms with Gasteiger partial charge in [-0.15, -0.1) is 11.3 Å². The number of hydrogen-bond acceptors (Lipinski definition) is 6. The molecule has 5 nitrogen and oxygen atoms in total. The number of thioether (sulfide) groups is 1. The highest BCUT2D eigenvalue weighted by Crippen LogP contribution is 2.36. The van der Waals surface area contributed by atoms with Crippen molar-refractivity contribution >= 4 is 39.1 Å². The highest BCUT2D eigenvalue weighted by Gasteiger charge is 2.32. The molecule has 2 aromatic rings. The van der Waals surface area contributed by atoms with Crippen molar-refractivity contribution in [3.8, 4) is 0 Å². The summed E-state index contributed by atoms with van der Waals surface area (Å²) in [6.07, 6.45) is 0.742. The Morgan fingerprint density at radius 1 is 1.20 bits per heavy atom. The number of thiophene rings is 1. The Hall–Kier alpha value is -1.35. The Morgan fingerprint density at radius 2 is 1.96 bits per heavy atom. The first-order valence-electron chi connectivity index (χ1n) is 7.86. The van der Waals surface area contributed by atoms with E-state index in [1.54, 1.807) is 17.1 Å². The van der Waals surface area contributed by atoms with Crippen LogP contribution in [0.25, 0.3) is 0 Å². The van der Waals surface area contributed by atoms with Crippen LogP contribution in [0.1, 0.15) is 26.9 Å². The minimum absolute atomic E-state index is 0.0486. The van der Waals surface area contributed by atoms with Crippen LogP contribution in [0.4, 0.5) is 0 Å². The zero-order valence-electron chi connectivity index (χ0n) is 13.8. The maximum absolute atomic E-state index is 13.0. The first-order chi connectivity index (χ1) is 12.0. The number of nitrogens with zero attached hydrogens (tertiary/aromatic N) is 1. The summed E-state index contributed by atoms with van der Waals surface area (Å²) in [7, 11) is -2.45. The third kappa shape index (κ3) is 3.92. The minimum atomic E-state index is -3.70. The fraction of sp³-hybridized carbons (Fsp3) is 0.353. The number of methoxy groups -OCH3 is 1. The summed E-state index contributed by atoms with van der Waals surface area (Å²) in [5, 5.41) is 1.89. The van der Waals surface area contributed by atoms with Gasteiger partial charge in [0.2, 0.25) is 10.0 Å². The van der Waals surface area contributed by atoms with E-state index in [0.29, 0.717) is 13.1 Å². The summed E-state index contributed by atoms with van der Waals surface area (Å²) in [5.74, 6) is 0.108. The molecule has 0 aliphatic carbocycles. The van der Waals surface area contributed by atoms with Crippen molar-refractivity contribution in [1.82, 2.24) is 4.31 Å². The summed E-state index contributed by atoms with van der Waals surface area (Å²) in [5.41, 5.74) is 1.22. The summed E-state index contributed by atoms with van der Waals surface area (Å²) < 4.78 is 32.2. The van der Waals surface area contributed by atoms with Gasteiger partial charge in [-0.2, -0.15) is 16.1 Å². The van der Waals surface area contributed by atoms with Gasteiger partial charge in [-0.05, 0) is 23.4 Å². The molecule has 0 spiro atoms. The van der Waals surface area contributed by atoms with Crippen LogP contribution in [-0.4, -0.2) is 44.6 Å². The molecular weight excluding hydrogens is 378 g/mol. The molecule has 0 radical (unpaired) electrons. The maximum Gasteiger partial charge on any atom is 0.349 e. The van der Waals surface area contributed by atoms with E-state index < -0.39 is 16.0 Å². The largest absolute Gasteiger partial charge is 0.465 e. The van der Waals surface area contributed by atoms with Gasteiger partial charge < -0.3 is 4.74 Å². The molecule has 1 aromatic carbocycles. The molecule has 1 atom stereocenters. The lowest BCUT2D eigenvalue weighted by Gasteiger charge is -2.20. The Morgan fingerprint density at radius 3 is 2.68 bits per heavy atom. The first kappa shape index (κ1) is 18.4. The van der Waals surface area contributed by atoms with Crippen LogP contribution in [0, 0.1) is 0 Å². The highest BCUT2D eigenvalue weighted by molar-refractivity contribution is 7.99. The molecule has 1 aromatic heterocycles. The Bertz CT molecular complexity index is 833. The third-order valence-electron chi connectivity index (χ3n) is 4.09. The van der Waals surface area contributed by atoms with E-state index in [4.69, 9.17) is 4.74 Å². The van der Waals surface area contributed by atoms with E-state index in [1.165, 1.54) is 23.0 Å². The zero-order valence-corrected chi connectivity index (χ0v) is 16.2. The van der Waals surface area contributed by atoms with Crippen LogP contribution in [-0.2, 0) is 14.8 Å². The topological polar surface area (TPSA) is 63.7 Å². The average Bonchev–Trinajstić information content (AvgIpc) is 3.00. The SMILES string of the molecule is COC(=O)c1sccc1S(=O)(=O)N1CCS[C@H](c2ccccc2)CC1. The molecular formula is C17H19NO4S3. The van der Waals surface area contributed by atoms with Gasteiger partial charge >= 0.3 is 5.97 Å². The van der Waals surface area contributed by atoms with Crippen molar-refractivity contribution in [2.75, 3.05) is 26.0 Å². The van der Waals surface area contributed by atoms with Crippen LogP contribution in [0.2, 0.25) is 0 Å². The van der Waals surface area contributed by atoms with Gasteiger partial charge in [0.15, 0.2) is 0 Å². The fourth-order valence-corrected chi connectivity index (χ4v) is 6.92. The monoisotopic (exact) mass is 397 g/mol. The summed E-state index contributed by atoms with van der Waals surface area (Å²) in [6.45, 7) is 0.873. The van der Waals surface area contributed by atoms with Gasteiger partial charge in [0.1, 0.15) is 9.77 Å². The van der Waals surface area contributed by atoms with E-state index in [-0.39, 0.29) is 15.0 Å². The van der Waals surface area contributed by atoms with E-state index in [1.807, 2.05) is 18.2 Å². The molecule has 2 heterocycles. The lowest BCUT2D eigenvalue weighted by atomic mass is 10.1. The summed E-state index contributed by atoms with van der Waals surface area (Å²) in [6, 6.07) is 11.6. The molecule has 1 aliphatic rings. The molecule has 0 N–H and O–H groups in total. The van der Waals surface area contributed by atoms with Gasteiger partial charge in [0, 0.05) is 24.1 Å². The predicted octanol–water partition coefficient (Wildman–Crippen LogP) is 3.40. The molecule has 1 aliphatic heterocycles. The lowest BCUT2D eigenvalue weighted by molar-refractivity contribution is 0.0602. The van der Waals surface area contributed by atoms with Gasteiger partial charge in [0.05, 0.1) is 7.11 Å². The van der Waals surface area contributed by atoms with Crippen molar-refractivity contribution in [2.45, 2.75) is 16.6 Å². The fourth-order valence-electron chi connectivity index (χ4n) is 2.81. The minimum Gasteiger partial charge on any atom is -0.465 e. The first-order valence-corrected chi connectivity index (χ1v) is 11.2. The predicted molar refractivity (Wildman–Crippen MR) is 101 cm³/mol. The second-order valence-corrected chi connectivity index (χ2v) is 9.70. The van der Waals surface area contributed by atoms with Crippen LogP contribution in [0.3, 0.4) is 0 Å². The zero-order chi connectivity index (χ0) is 17.9. The second kappa shape index (κ2) is 7.90. The van der Waals surface area contributed by atoms with E-state index in [9.17, 15) is 13.2 Å². The van der Waals surface area contributed by atoms with Crippen LogP contribution in [0.5, 0.6) is 0 Å². The number of esters is 1. The number of rotatable bonds is 4.